The van der Waals surface area contributed by atoms with Gasteiger partial charge in [0.2, 0.25) is 5.95 Å². The Bertz CT molecular complexity index is 634. The minimum atomic E-state index is -4.54. The molecule has 0 atom stereocenters. The first kappa shape index (κ1) is 15.3. The van der Waals surface area contributed by atoms with E-state index in [0.717, 1.165) is 12.1 Å². The van der Waals surface area contributed by atoms with E-state index in [4.69, 9.17) is 0 Å². The minimum absolute atomic E-state index is 0.0667. The average Bonchev–Trinajstić information content (AvgIpc) is 2.81. The second-order valence-corrected chi connectivity index (χ2v) is 4.31. The molecule has 0 saturated carbocycles. The second-order valence-electron chi connectivity index (χ2n) is 4.31. The van der Waals surface area contributed by atoms with Gasteiger partial charge in [0.25, 0.3) is 0 Å². The Morgan fingerprint density at radius 3 is 2.48 bits per heavy atom. The third-order valence-electron chi connectivity index (χ3n) is 2.94. The van der Waals surface area contributed by atoms with E-state index in [1.807, 2.05) is 6.92 Å². The van der Waals surface area contributed by atoms with Crippen LogP contribution in [0.2, 0.25) is 0 Å². The van der Waals surface area contributed by atoms with Crippen molar-refractivity contribution >= 4 is 5.95 Å². The fourth-order valence-corrected chi connectivity index (χ4v) is 1.96. The largest absolute Gasteiger partial charge is 0.416 e. The van der Waals surface area contributed by atoms with Crippen molar-refractivity contribution in [1.29, 1.82) is 0 Å². The molecule has 1 aromatic heterocycles. The molecule has 1 N–H and O–H groups in total. The molecule has 0 bridgehead atoms. The predicted octanol–water partition coefficient (Wildman–Crippen LogP) is 3.55. The molecule has 21 heavy (non-hydrogen) atoms. The zero-order chi connectivity index (χ0) is 15.6. The summed E-state index contributed by atoms with van der Waals surface area (Å²) in [5.74, 6) is -0.308. The Labute approximate surface area is 118 Å². The van der Waals surface area contributed by atoms with Crippen molar-refractivity contribution in [2.45, 2.75) is 26.6 Å². The van der Waals surface area contributed by atoms with Gasteiger partial charge in [-0.15, -0.1) is 10.2 Å². The van der Waals surface area contributed by atoms with Gasteiger partial charge in [-0.3, -0.25) is 4.57 Å². The number of nitrogens with zero attached hydrogens (tertiary/aromatic N) is 3. The van der Waals surface area contributed by atoms with Crippen LogP contribution in [0.5, 0.6) is 0 Å². The Kier molecular flexibility index (Phi) is 4.15. The predicted molar refractivity (Wildman–Crippen MR) is 70.3 cm³/mol. The van der Waals surface area contributed by atoms with Crippen LogP contribution >= 0.6 is 0 Å². The van der Waals surface area contributed by atoms with Crippen LogP contribution in [0.4, 0.5) is 23.5 Å². The first-order valence-electron chi connectivity index (χ1n) is 6.42. The van der Waals surface area contributed by atoms with Crippen LogP contribution < -0.4 is 5.32 Å². The van der Waals surface area contributed by atoms with Gasteiger partial charge in [0.05, 0.1) is 11.1 Å². The highest BCUT2D eigenvalue weighted by Crippen LogP contribution is 2.33. The topological polar surface area (TPSA) is 42.7 Å². The number of aromatic nitrogens is 3. The maximum Gasteiger partial charge on any atom is 0.416 e. The van der Waals surface area contributed by atoms with Crippen LogP contribution in [0, 0.1) is 5.82 Å². The number of rotatable bonds is 4. The van der Waals surface area contributed by atoms with Crippen molar-refractivity contribution < 1.29 is 17.6 Å². The molecule has 0 saturated heterocycles. The van der Waals surface area contributed by atoms with Crippen molar-refractivity contribution in [1.82, 2.24) is 14.8 Å². The number of halogens is 4. The molecule has 2 rings (SSSR count). The van der Waals surface area contributed by atoms with E-state index < -0.39 is 17.6 Å². The summed E-state index contributed by atoms with van der Waals surface area (Å²) in [5, 5.41) is 10.6. The number of alkyl halides is 3. The summed E-state index contributed by atoms with van der Waals surface area (Å²) in [5.41, 5.74) is -1.14. The number of anilines is 1. The molecule has 4 nitrogen and oxygen atoms in total. The molecule has 114 valence electrons. The molecular formula is C13H14F4N4. The van der Waals surface area contributed by atoms with Crippen molar-refractivity contribution in [2.24, 2.45) is 0 Å². The van der Waals surface area contributed by atoms with Crippen LogP contribution in [0.25, 0.3) is 11.4 Å². The van der Waals surface area contributed by atoms with Crippen molar-refractivity contribution in [2.75, 3.05) is 11.9 Å². The summed E-state index contributed by atoms with van der Waals surface area (Å²) in [4.78, 5) is 0. The third kappa shape index (κ3) is 2.98. The van der Waals surface area contributed by atoms with E-state index in [9.17, 15) is 17.6 Å². The van der Waals surface area contributed by atoms with Crippen LogP contribution in [0.3, 0.4) is 0 Å². The van der Waals surface area contributed by atoms with Gasteiger partial charge in [-0.2, -0.15) is 13.2 Å². The molecular weight excluding hydrogens is 288 g/mol. The summed E-state index contributed by atoms with van der Waals surface area (Å²) in [6, 6.07) is 2.25. The lowest BCUT2D eigenvalue weighted by atomic mass is 10.1. The summed E-state index contributed by atoms with van der Waals surface area (Å²) >= 11 is 0. The minimum Gasteiger partial charge on any atom is -0.355 e. The first-order chi connectivity index (χ1) is 9.88. The van der Waals surface area contributed by atoms with Gasteiger partial charge in [-0.05, 0) is 32.0 Å². The van der Waals surface area contributed by atoms with Crippen LogP contribution in [-0.2, 0) is 12.7 Å². The van der Waals surface area contributed by atoms with Gasteiger partial charge in [0, 0.05) is 13.1 Å². The monoisotopic (exact) mass is 302 g/mol. The molecule has 0 aliphatic heterocycles. The molecule has 0 spiro atoms. The Hall–Kier alpha value is -2.12. The van der Waals surface area contributed by atoms with Gasteiger partial charge in [-0.1, -0.05) is 0 Å². The Morgan fingerprint density at radius 2 is 1.90 bits per heavy atom. The molecule has 8 heteroatoms. The van der Waals surface area contributed by atoms with Crippen LogP contribution in [0.15, 0.2) is 18.2 Å². The van der Waals surface area contributed by atoms with E-state index in [1.165, 1.54) is 4.57 Å². The van der Waals surface area contributed by atoms with Crippen molar-refractivity contribution in [3.05, 3.63) is 29.6 Å². The first-order valence-corrected chi connectivity index (χ1v) is 6.42. The fourth-order valence-electron chi connectivity index (χ4n) is 1.96. The van der Waals surface area contributed by atoms with E-state index >= 15 is 0 Å². The Balaban J connectivity index is 2.56. The number of hydrogen-bond acceptors (Lipinski definition) is 3. The zero-order valence-corrected chi connectivity index (χ0v) is 11.5. The lowest BCUT2D eigenvalue weighted by Crippen LogP contribution is -2.09. The van der Waals surface area contributed by atoms with Gasteiger partial charge in [0.1, 0.15) is 5.82 Å². The quantitative estimate of drug-likeness (QED) is 0.878. The van der Waals surface area contributed by atoms with Gasteiger partial charge < -0.3 is 5.32 Å². The molecule has 0 fully saturated rings. The summed E-state index contributed by atoms with van der Waals surface area (Å²) in [7, 11) is 0. The summed E-state index contributed by atoms with van der Waals surface area (Å²) < 4.78 is 53.7. The molecule has 2 aromatic rings. The molecule has 0 aliphatic rings. The van der Waals surface area contributed by atoms with Crippen molar-refractivity contribution in [3.8, 4) is 11.4 Å². The van der Waals surface area contributed by atoms with Gasteiger partial charge >= 0.3 is 6.18 Å². The van der Waals surface area contributed by atoms with Crippen LogP contribution in [0.1, 0.15) is 19.4 Å². The number of nitrogens with one attached hydrogen (secondary N) is 1. The maximum atomic E-state index is 13.9. The molecule has 0 radical (unpaired) electrons. The molecule has 1 heterocycles. The van der Waals surface area contributed by atoms with E-state index in [0.29, 0.717) is 25.1 Å². The number of hydrogen-bond donors (Lipinski definition) is 1. The van der Waals surface area contributed by atoms with Crippen LogP contribution in [-0.4, -0.2) is 21.3 Å². The van der Waals surface area contributed by atoms with E-state index in [1.54, 1.807) is 6.92 Å². The highest BCUT2D eigenvalue weighted by molar-refractivity contribution is 5.59. The van der Waals surface area contributed by atoms with E-state index in [2.05, 4.69) is 15.5 Å². The molecule has 1 aromatic carbocycles. The van der Waals surface area contributed by atoms with Gasteiger partial charge in [-0.25, -0.2) is 4.39 Å². The lowest BCUT2D eigenvalue weighted by Gasteiger charge is -2.11. The molecule has 0 aliphatic carbocycles. The zero-order valence-electron chi connectivity index (χ0n) is 11.5. The standard InChI is InChI=1S/C13H14F4N4/c1-3-18-12-20-19-11(21(12)4-2)9-7-8(13(15,16)17)5-6-10(9)14/h5-7H,3-4H2,1-2H3,(H,18,20). The maximum absolute atomic E-state index is 13.9. The van der Waals surface area contributed by atoms with E-state index in [-0.39, 0.29) is 11.4 Å². The highest BCUT2D eigenvalue weighted by Gasteiger charge is 2.32. The third-order valence-corrected chi connectivity index (χ3v) is 2.94. The smallest absolute Gasteiger partial charge is 0.355 e. The Morgan fingerprint density at radius 1 is 1.19 bits per heavy atom. The lowest BCUT2D eigenvalue weighted by molar-refractivity contribution is -0.137. The van der Waals surface area contributed by atoms with Gasteiger partial charge in [0.15, 0.2) is 5.82 Å². The fraction of sp³-hybridized carbons (Fsp3) is 0.385. The van der Waals surface area contributed by atoms with Crippen molar-refractivity contribution in [3.63, 3.8) is 0 Å². The number of benzene rings is 1. The summed E-state index contributed by atoms with van der Waals surface area (Å²) in [6.07, 6.45) is -4.54. The SMILES string of the molecule is CCNc1nnc(-c2cc(C(F)(F)F)ccc2F)n1CC. The second kappa shape index (κ2) is 5.71. The average molecular weight is 302 g/mol. The highest BCUT2D eigenvalue weighted by atomic mass is 19.4. The molecule has 0 amide bonds. The molecule has 0 unspecified atom stereocenters. The normalized spacial score (nSPS) is 11.7. The summed E-state index contributed by atoms with van der Waals surface area (Å²) in [6.45, 7) is 4.60.